The predicted molar refractivity (Wildman–Crippen MR) is 82.7 cm³/mol. The van der Waals surface area contributed by atoms with Gasteiger partial charge >= 0.3 is 0 Å². The summed E-state index contributed by atoms with van der Waals surface area (Å²) in [6.45, 7) is 7.47. The summed E-state index contributed by atoms with van der Waals surface area (Å²) in [5, 5.41) is 3.68. The Morgan fingerprint density at radius 2 is 2.10 bits per heavy atom. The van der Waals surface area contributed by atoms with Crippen LogP contribution < -0.4 is 14.8 Å². The molecule has 0 aliphatic carbocycles. The molecule has 0 amide bonds. The van der Waals surface area contributed by atoms with Gasteiger partial charge in [0, 0.05) is 5.54 Å². The van der Waals surface area contributed by atoms with Gasteiger partial charge in [0.1, 0.15) is 0 Å². The molecule has 3 nitrogen and oxygen atoms in total. The second-order valence-electron chi connectivity index (χ2n) is 5.99. The third-order valence-electron chi connectivity index (χ3n) is 4.14. The van der Waals surface area contributed by atoms with Crippen LogP contribution in [-0.4, -0.2) is 25.3 Å². The van der Waals surface area contributed by atoms with Crippen molar-refractivity contribution < 1.29 is 9.47 Å². The number of benzene rings is 1. The van der Waals surface area contributed by atoms with Crippen molar-refractivity contribution in [1.82, 2.24) is 5.32 Å². The van der Waals surface area contributed by atoms with E-state index in [0.717, 1.165) is 24.5 Å². The average molecular weight is 277 g/mol. The molecule has 2 rings (SSSR count). The summed E-state index contributed by atoms with van der Waals surface area (Å²) < 4.78 is 11.2. The van der Waals surface area contributed by atoms with Crippen molar-refractivity contribution in [3.05, 3.63) is 23.8 Å². The number of hydrogen-bond donors (Lipinski definition) is 1. The summed E-state index contributed by atoms with van der Waals surface area (Å²) in [5.74, 6) is 1.66. The number of methoxy groups -OCH3 is 1. The molecular formula is C17H27NO2. The lowest BCUT2D eigenvalue weighted by Crippen LogP contribution is -2.41. The molecule has 1 aromatic rings. The topological polar surface area (TPSA) is 30.5 Å². The minimum absolute atomic E-state index is 0.160. The summed E-state index contributed by atoms with van der Waals surface area (Å²) >= 11 is 0. The van der Waals surface area contributed by atoms with E-state index in [1.807, 2.05) is 19.9 Å². The van der Waals surface area contributed by atoms with Crippen LogP contribution in [0.15, 0.2) is 18.2 Å². The highest BCUT2D eigenvalue weighted by Gasteiger charge is 2.31. The molecule has 1 fully saturated rings. The molecule has 0 radical (unpaired) electrons. The Hall–Kier alpha value is -1.22. The monoisotopic (exact) mass is 277 g/mol. The molecule has 3 heteroatoms. The first-order valence-electron chi connectivity index (χ1n) is 7.67. The van der Waals surface area contributed by atoms with Crippen LogP contribution >= 0.6 is 0 Å². The average Bonchev–Trinajstić information content (AvgIpc) is 2.89. The second kappa shape index (κ2) is 6.49. The molecule has 1 aromatic carbocycles. The van der Waals surface area contributed by atoms with E-state index in [9.17, 15) is 0 Å². The Bertz CT molecular complexity index is 437. The minimum atomic E-state index is 0.160. The third-order valence-corrected chi connectivity index (χ3v) is 4.14. The normalized spacial score (nSPS) is 22.2. The van der Waals surface area contributed by atoms with Gasteiger partial charge in [0.05, 0.1) is 13.2 Å². The van der Waals surface area contributed by atoms with E-state index in [1.165, 1.54) is 24.8 Å². The van der Waals surface area contributed by atoms with Gasteiger partial charge in [0.15, 0.2) is 11.5 Å². The number of rotatable bonds is 6. The molecule has 1 atom stereocenters. The Labute approximate surface area is 122 Å². The first-order chi connectivity index (χ1) is 9.58. The van der Waals surface area contributed by atoms with E-state index in [2.05, 4.69) is 24.4 Å². The van der Waals surface area contributed by atoms with Crippen LogP contribution in [0.3, 0.4) is 0 Å². The lowest BCUT2D eigenvalue weighted by Gasteiger charge is -2.28. The van der Waals surface area contributed by atoms with Crippen LogP contribution in [0.25, 0.3) is 0 Å². The quantitative estimate of drug-likeness (QED) is 0.862. The number of nitrogens with one attached hydrogen (secondary N) is 1. The minimum Gasteiger partial charge on any atom is -0.493 e. The third kappa shape index (κ3) is 3.45. The van der Waals surface area contributed by atoms with Crippen LogP contribution in [0.5, 0.6) is 11.5 Å². The smallest absolute Gasteiger partial charge is 0.161 e. The molecule has 1 aliphatic heterocycles. The molecule has 1 N–H and O–H groups in total. The molecule has 20 heavy (non-hydrogen) atoms. The zero-order chi connectivity index (χ0) is 14.6. The van der Waals surface area contributed by atoms with Crippen molar-refractivity contribution in [2.45, 2.75) is 58.1 Å². The number of ether oxygens (including phenoxy) is 2. The predicted octanol–water partition coefficient (Wildman–Crippen LogP) is 3.56. The molecule has 1 aliphatic rings. The van der Waals surface area contributed by atoms with Gasteiger partial charge in [-0.2, -0.15) is 0 Å². The standard InChI is InChI=1S/C17H27NO2/c1-5-17(9-6-10-18-17)12-14-7-8-15(20-13(2)3)16(11-14)19-4/h7-8,11,13,18H,5-6,9-10,12H2,1-4H3. The van der Waals surface area contributed by atoms with Gasteiger partial charge in [-0.3, -0.25) is 0 Å². The highest BCUT2D eigenvalue weighted by molar-refractivity contribution is 5.43. The zero-order valence-electron chi connectivity index (χ0n) is 13.2. The zero-order valence-corrected chi connectivity index (χ0v) is 13.2. The van der Waals surface area contributed by atoms with Crippen LogP contribution in [0, 0.1) is 0 Å². The molecule has 0 aromatic heterocycles. The maximum atomic E-state index is 5.77. The Balaban J connectivity index is 2.16. The summed E-state index contributed by atoms with van der Waals surface area (Å²) in [6.07, 6.45) is 4.92. The van der Waals surface area contributed by atoms with Gasteiger partial charge in [-0.1, -0.05) is 13.0 Å². The van der Waals surface area contributed by atoms with Gasteiger partial charge in [0.25, 0.3) is 0 Å². The Morgan fingerprint density at radius 1 is 1.30 bits per heavy atom. The van der Waals surface area contributed by atoms with Crippen molar-refractivity contribution >= 4 is 0 Å². The lowest BCUT2D eigenvalue weighted by molar-refractivity contribution is 0.230. The fourth-order valence-electron chi connectivity index (χ4n) is 3.01. The highest BCUT2D eigenvalue weighted by Crippen LogP contribution is 2.33. The van der Waals surface area contributed by atoms with Crippen LogP contribution in [0.1, 0.15) is 45.6 Å². The fraction of sp³-hybridized carbons (Fsp3) is 0.647. The maximum Gasteiger partial charge on any atom is 0.161 e. The molecule has 1 unspecified atom stereocenters. The van der Waals surface area contributed by atoms with Crippen molar-refractivity contribution in [3.8, 4) is 11.5 Å². The molecule has 1 heterocycles. The van der Waals surface area contributed by atoms with E-state index in [1.54, 1.807) is 7.11 Å². The van der Waals surface area contributed by atoms with Crippen LogP contribution in [0.4, 0.5) is 0 Å². The van der Waals surface area contributed by atoms with E-state index in [0.29, 0.717) is 0 Å². The molecule has 0 bridgehead atoms. The second-order valence-corrected chi connectivity index (χ2v) is 5.99. The fourth-order valence-corrected chi connectivity index (χ4v) is 3.01. The molecule has 112 valence electrons. The van der Waals surface area contributed by atoms with Crippen molar-refractivity contribution in [3.63, 3.8) is 0 Å². The van der Waals surface area contributed by atoms with Gasteiger partial charge in [-0.15, -0.1) is 0 Å². The Kier molecular flexibility index (Phi) is 4.92. The number of hydrogen-bond acceptors (Lipinski definition) is 3. The largest absolute Gasteiger partial charge is 0.493 e. The molecule has 0 saturated carbocycles. The van der Waals surface area contributed by atoms with Crippen molar-refractivity contribution in [1.29, 1.82) is 0 Å². The molecule has 1 saturated heterocycles. The van der Waals surface area contributed by atoms with Crippen molar-refractivity contribution in [2.75, 3.05) is 13.7 Å². The molecular weight excluding hydrogens is 250 g/mol. The van der Waals surface area contributed by atoms with E-state index < -0.39 is 0 Å². The van der Waals surface area contributed by atoms with Crippen LogP contribution in [0.2, 0.25) is 0 Å². The summed E-state index contributed by atoms with van der Waals surface area (Å²) in [7, 11) is 1.70. The first-order valence-corrected chi connectivity index (χ1v) is 7.67. The van der Waals surface area contributed by atoms with Gasteiger partial charge in [0.2, 0.25) is 0 Å². The summed E-state index contributed by atoms with van der Waals surface area (Å²) in [6, 6.07) is 6.32. The maximum absolute atomic E-state index is 5.77. The van der Waals surface area contributed by atoms with Gasteiger partial charge in [-0.05, 0) is 63.8 Å². The summed E-state index contributed by atoms with van der Waals surface area (Å²) in [5.41, 5.74) is 1.58. The van der Waals surface area contributed by atoms with E-state index in [4.69, 9.17) is 9.47 Å². The first kappa shape index (κ1) is 15.2. The van der Waals surface area contributed by atoms with Crippen molar-refractivity contribution in [2.24, 2.45) is 0 Å². The van der Waals surface area contributed by atoms with Gasteiger partial charge in [-0.25, -0.2) is 0 Å². The van der Waals surface area contributed by atoms with Gasteiger partial charge < -0.3 is 14.8 Å². The highest BCUT2D eigenvalue weighted by atomic mass is 16.5. The van der Waals surface area contributed by atoms with E-state index in [-0.39, 0.29) is 11.6 Å². The molecule has 0 spiro atoms. The lowest BCUT2D eigenvalue weighted by atomic mass is 9.87. The SMILES string of the molecule is CCC1(Cc2ccc(OC(C)C)c(OC)c2)CCCN1. The summed E-state index contributed by atoms with van der Waals surface area (Å²) in [4.78, 5) is 0. The van der Waals surface area contributed by atoms with Crippen LogP contribution in [-0.2, 0) is 6.42 Å². The van der Waals surface area contributed by atoms with E-state index >= 15 is 0 Å². The Morgan fingerprint density at radius 3 is 2.65 bits per heavy atom.